The highest BCUT2D eigenvalue weighted by atomic mass is 16.5. The van der Waals surface area contributed by atoms with Crippen molar-refractivity contribution >= 4 is 23.0 Å². The van der Waals surface area contributed by atoms with Gasteiger partial charge in [-0.1, -0.05) is 12.1 Å². The van der Waals surface area contributed by atoms with Crippen molar-refractivity contribution < 1.29 is 9.53 Å². The Morgan fingerprint density at radius 2 is 2.06 bits per heavy atom. The minimum Gasteiger partial charge on any atom is -0.469 e. The predicted molar refractivity (Wildman–Crippen MR) is 118 cm³/mol. The number of methoxy groups -OCH3 is 1. The Kier molecular flexibility index (Phi) is 7.03. The molecular weight excluding hydrogens is 398 g/mol. The Balaban J connectivity index is 1.77. The van der Waals surface area contributed by atoms with Crippen LogP contribution < -0.4 is 22.1 Å². The molecule has 2 heterocycles. The van der Waals surface area contributed by atoms with Gasteiger partial charge in [-0.05, 0) is 43.7 Å². The number of hydrogen-bond acceptors (Lipinski definition) is 6. The molecule has 10 heteroatoms. The van der Waals surface area contributed by atoms with Gasteiger partial charge in [0.2, 0.25) is 0 Å². The van der Waals surface area contributed by atoms with Crippen LogP contribution in [0.4, 0.5) is 0 Å². The number of carbonyl (C=O) groups is 1. The monoisotopic (exact) mass is 425 g/mol. The number of aryl methyl sites for hydroxylation is 1. The third-order valence-electron chi connectivity index (χ3n) is 4.87. The zero-order valence-corrected chi connectivity index (χ0v) is 17.6. The maximum absolute atomic E-state index is 12.4. The number of nitrogens with one attached hydrogen (secondary N) is 4. The molecule has 0 aliphatic heterocycles. The summed E-state index contributed by atoms with van der Waals surface area (Å²) in [5.41, 5.74) is 7.99. The lowest BCUT2D eigenvalue weighted by atomic mass is 10.0. The number of hydrogen-bond donors (Lipinski definition) is 5. The van der Waals surface area contributed by atoms with Crippen LogP contribution in [-0.4, -0.2) is 46.7 Å². The van der Waals surface area contributed by atoms with Crippen molar-refractivity contribution in [3.05, 3.63) is 58.3 Å². The van der Waals surface area contributed by atoms with E-state index in [2.05, 4.69) is 20.6 Å². The fraction of sp³-hybridized carbons (Fsp3) is 0.333. The summed E-state index contributed by atoms with van der Waals surface area (Å²) >= 11 is 0. The Morgan fingerprint density at radius 3 is 2.74 bits per heavy atom. The van der Waals surface area contributed by atoms with E-state index in [9.17, 15) is 9.59 Å². The minimum absolute atomic E-state index is 0.0700. The predicted octanol–water partition coefficient (Wildman–Crippen LogP) is 1.09. The molecule has 6 N–H and O–H groups in total. The highest BCUT2D eigenvalue weighted by Gasteiger charge is 2.16. The molecule has 0 radical (unpaired) electrons. The molecule has 2 aromatic heterocycles. The molecular formula is C21H27N7O3. The molecule has 1 atom stereocenters. The van der Waals surface area contributed by atoms with E-state index in [4.69, 9.17) is 15.9 Å². The summed E-state index contributed by atoms with van der Waals surface area (Å²) in [6.45, 7) is 3.09. The van der Waals surface area contributed by atoms with Crippen LogP contribution in [0, 0.1) is 12.3 Å². The zero-order chi connectivity index (χ0) is 22.4. The summed E-state index contributed by atoms with van der Waals surface area (Å²) < 4.78 is 6.32. The standard InChI is InChI=1S/C21H27N7O3/c1-13-10-15-12-28(21(30)27-19(15)26-13)16-6-4-14(5-7-16)17(11-18(29)31-2)24-8-3-9-25-20(22)23/h4-7,10,12,17,24H,3,8-9,11H2,1-2H3,(H4,22,23,25)(H,26,27,30)/t17-/m0/s1. The first-order valence-corrected chi connectivity index (χ1v) is 9.95. The third kappa shape index (κ3) is 5.70. The van der Waals surface area contributed by atoms with E-state index in [1.165, 1.54) is 11.7 Å². The van der Waals surface area contributed by atoms with E-state index in [0.29, 0.717) is 24.4 Å². The number of nitrogens with zero attached hydrogens (tertiary/aromatic N) is 2. The largest absolute Gasteiger partial charge is 0.469 e. The molecule has 0 saturated heterocycles. The highest BCUT2D eigenvalue weighted by Crippen LogP contribution is 2.20. The van der Waals surface area contributed by atoms with Gasteiger partial charge in [-0.3, -0.25) is 14.8 Å². The van der Waals surface area contributed by atoms with Crippen molar-refractivity contribution in [1.29, 1.82) is 5.41 Å². The van der Waals surface area contributed by atoms with Gasteiger partial charge in [0.05, 0.1) is 19.2 Å². The number of aromatic amines is 1. The van der Waals surface area contributed by atoms with Gasteiger partial charge in [0, 0.05) is 29.9 Å². The molecule has 3 rings (SSSR count). The van der Waals surface area contributed by atoms with E-state index in [-0.39, 0.29) is 30.1 Å². The maximum atomic E-state index is 12.4. The molecule has 164 valence electrons. The van der Waals surface area contributed by atoms with E-state index >= 15 is 0 Å². The first-order valence-electron chi connectivity index (χ1n) is 9.95. The molecule has 0 bridgehead atoms. The lowest BCUT2D eigenvalue weighted by Crippen LogP contribution is -2.33. The molecule has 31 heavy (non-hydrogen) atoms. The molecule has 0 aliphatic carbocycles. The number of carbonyl (C=O) groups excluding carboxylic acids is 1. The number of benzene rings is 1. The molecule has 0 aliphatic rings. The fourth-order valence-corrected chi connectivity index (χ4v) is 3.33. The molecule has 0 fully saturated rings. The number of nitrogens with two attached hydrogens (primary N) is 1. The van der Waals surface area contributed by atoms with Crippen LogP contribution in [0.3, 0.4) is 0 Å². The van der Waals surface area contributed by atoms with E-state index < -0.39 is 0 Å². The molecule has 0 spiro atoms. The first kappa shape index (κ1) is 22.0. The van der Waals surface area contributed by atoms with Crippen molar-refractivity contribution in [2.75, 3.05) is 20.2 Å². The second-order valence-corrected chi connectivity index (χ2v) is 7.22. The SMILES string of the molecule is COC(=O)C[C@H](NCCCNC(=N)N)c1ccc(-n2cc3cc(C)[nH]c3nc2=O)cc1. The van der Waals surface area contributed by atoms with Crippen LogP contribution in [0.25, 0.3) is 16.7 Å². The maximum Gasteiger partial charge on any atom is 0.354 e. The molecule has 10 nitrogen and oxygen atoms in total. The number of H-pyrrole nitrogens is 1. The lowest BCUT2D eigenvalue weighted by Gasteiger charge is -2.19. The van der Waals surface area contributed by atoms with Gasteiger partial charge in [0.25, 0.3) is 0 Å². The first-order chi connectivity index (χ1) is 14.9. The van der Waals surface area contributed by atoms with Crippen molar-refractivity contribution in [3.8, 4) is 5.69 Å². The highest BCUT2D eigenvalue weighted by molar-refractivity contribution is 5.75. The van der Waals surface area contributed by atoms with Crippen LogP contribution >= 0.6 is 0 Å². The summed E-state index contributed by atoms with van der Waals surface area (Å²) in [6.07, 6.45) is 2.66. The number of rotatable bonds is 9. The quantitative estimate of drug-likeness (QED) is 0.149. The van der Waals surface area contributed by atoms with Crippen molar-refractivity contribution in [3.63, 3.8) is 0 Å². The molecule has 0 amide bonds. The second kappa shape index (κ2) is 9.90. The molecule has 1 aromatic carbocycles. The van der Waals surface area contributed by atoms with Gasteiger partial charge in [0.1, 0.15) is 5.65 Å². The molecule has 3 aromatic rings. The smallest absolute Gasteiger partial charge is 0.354 e. The molecule has 0 saturated carbocycles. The van der Waals surface area contributed by atoms with E-state index in [1.54, 1.807) is 6.20 Å². The van der Waals surface area contributed by atoms with Crippen LogP contribution in [0.15, 0.2) is 41.3 Å². The van der Waals surface area contributed by atoms with Gasteiger partial charge in [-0.2, -0.15) is 4.98 Å². The summed E-state index contributed by atoms with van der Waals surface area (Å²) in [6, 6.07) is 9.10. The van der Waals surface area contributed by atoms with Gasteiger partial charge in [0.15, 0.2) is 5.96 Å². The third-order valence-corrected chi connectivity index (χ3v) is 4.87. The number of fused-ring (bicyclic) bond motifs is 1. The van der Waals surface area contributed by atoms with Crippen LogP contribution in [0.5, 0.6) is 0 Å². The zero-order valence-electron chi connectivity index (χ0n) is 17.6. The Hall–Kier alpha value is -3.66. The van der Waals surface area contributed by atoms with Crippen LogP contribution in [-0.2, 0) is 9.53 Å². The number of ether oxygens (including phenoxy) is 1. The van der Waals surface area contributed by atoms with E-state index in [0.717, 1.165) is 23.1 Å². The van der Waals surface area contributed by atoms with Crippen LogP contribution in [0.1, 0.15) is 30.1 Å². The summed E-state index contributed by atoms with van der Waals surface area (Å²) in [5, 5.41) is 14.1. The summed E-state index contributed by atoms with van der Waals surface area (Å²) in [7, 11) is 1.36. The Morgan fingerprint density at radius 1 is 1.32 bits per heavy atom. The number of guanidine groups is 1. The Labute approximate surface area is 179 Å². The second-order valence-electron chi connectivity index (χ2n) is 7.22. The summed E-state index contributed by atoms with van der Waals surface area (Å²) in [4.78, 5) is 31.4. The van der Waals surface area contributed by atoms with Crippen molar-refractivity contribution in [2.24, 2.45) is 5.73 Å². The topological polar surface area (TPSA) is 151 Å². The normalized spacial score (nSPS) is 11.9. The average Bonchev–Trinajstić information content (AvgIpc) is 3.10. The van der Waals surface area contributed by atoms with Gasteiger partial charge < -0.3 is 26.1 Å². The van der Waals surface area contributed by atoms with Crippen molar-refractivity contribution in [1.82, 2.24) is 25.2 Å². The van der Waals surface area contributed by atoms with E-state index in [1.807, 2.05) is 37.3 Å². The minimum atomic E-state index is -0.371. The molecule has 0 unspecified atom stereocenters. The van der Waals surface area contributed by atoms with Gasteiger partial charge >= 0.3 is 11.7 Å². The van der Waals surface area contributed by atoms with Gasteiger partial charge in [-0.15, -0.1) is 0 Å². The van der Waals surface area contributed by atoms with Crippen molar-refractivity contribution in [2.45, 2.75) is 25.8 Å². The fourth-order valence-electron chi connectivity index (χ4n) is 3.33. The average molecular weight is 425 g/mol. The number of esters is 1. The Bertz CT molecular complexity index is 1120. The number of aromatic nitrogens is 3. The lowest BCUT2D eigenvalue weighted by molar-refractivity contribution is -0.141. The van der Waals surface area contributed by atoms with Gasteiger partial charge in [-0.25, -0.2) is 4.79 Å². The summed E-state index contributed by atoms with van der Waals surface area (Å²) in [5.74, 6) is -0.392. The van der Waals surface area contributed by atoms with Crippen LogP contribution in [0.2, 0.25) is 0 Å².